The van der Waals surface area contributed by atoms with Gasteiger partial charge in [0.05, 0.1) is 9.82 Å². The van der Waals surface area contributed by atoms with Gasteiger partial charge in [0.25, 0.3) is 15.7 Å². The van der Waals surface area contributed by atoms with E-state index in [9.17, 15) is 18.5 Å². The second kappa shape index (κ2) is 4.11. The number of benzene rings is 1. The molecule has 1 aromatic rings. The zero-order valence-corrected chi connectivity index (χ0v) is 8.75. The van der Waals surface area contributed by atoms with Crippen LogP contribution >= 0.6 is 11.6 Å². The molecular weight excluding hydrogens is 246 g/mol. The number of hydrazine groups is 1. The summed E-state index contributed by atoms with van der Waals surface area (Å²) in [5.41, 5.74) is -0.368. The molecule has 9 heteroatoms. The average molecular weight is 252 g/mol. The van der Waals surface area contributed by atoms with Crippen LogP contribution in [0.2, 0.25) is 5.02 Å². The molecule has 1 aromatic carbocycles. The van der Waals surface area contributed by atoms with Gasteiger partial charge in [0, 0.05) is 6.07 Å². The second-order valence-corrected chi connectivity index (χ2v) is 4.61. The van der Waals surface area contributed by atoms with Crippen molar-refractivity contribution >= 4 is 27.3 Å². The number of nitrogens with one attached hydrogen (secondary N) is 1. The van der Waals surface area contributed by atoms with Crippen LogP contribution < -0.4 is 10.7 Å². The molecule has 0 aromatic heterocycles. The number of hydrogen-bond donors (Lipinski definition) is 2. The van der Waals surface area contributed by atoms with Crippen molar-refractivity contribution in [3.8, 4) is 0 Å². The van der Waals surface area contributed by atoms with Crippen LogP contribution in [-0.2, 0) is 10.0 Å². The fraction of sp³-hybridized carbons (Fsp3) is 0. The van der Waals surface area contributed by atoms with Crippen LogP contribution in [0.1, 0.15) is 0 Å². The molecule has 0 fully saturated rings. The number of hydrogen-bond acceptors (Lipinski definition) is 5. The number of nitrogens with two attached hydrogens (primary N) is 1. The summed E-state index contributed by atoms with van der Waals surface area (Å²) < 4.78 is 22.3. The van der Waals surface area contributed by atoms with Crippen LogP contribution in [0.3, 0.4) is 0 Å². The van der Waals surface area contributed by atoms with Crippen LogP contribution in [0, 0.1) is 10.1 Å². The third-order valence-corrected chi connectivity index (χ3v) is 3.07. The predicted molar refractivity (Wildman–Crippen MR) is 52.6 cm³/mol. The summed E-state index contributed by atoms with van der Waals surface area (Å²) >= 11 is 5.51. The van der Waals surface area contributed by atoms with Crippen LogP contribution in [0.25, 0.3) is 0 Å². The number of sulfonamides is 1. The van der Waals surface area contributed by atoms with Gasteiger partial charge < -0.3 is 0 Å². The van der Waals surface area contributed by atoms with Gasteiger partial charge in [-0.2, -0.15) is 4.83 Å². The zero-order valence-electron chi connectivity index (χ0n) is 7.18. The summed E-state index contributed by atoms with van der Waals surface area (Å²) in [5, 5.41) is 10.1. The van der Waals surface area contributed by atoms with Crippen molar-refractivity contribution in [2.24, 2.45) is 5.84 Å². The Balaban J connectivity index is 3.30. The number of nitro benzene ring substituents is 1. The van der Waals surface area contributed by atoms with Crippen LogP contribution in [-0.4, -0.2) is 13.3 Å². The van der Waals surface area contributed by atoms with Crippen molar-refractivity contribution in [1.82, 2.24) is 4.83 Å². The lowest BCUT2D eigenvalue weighted by atomic mass is 10.3. The Kier molecular flexibility index (Phi) is 3.25. The fourth-order valence-electron chi connectivity index (χ4n) is 0.871. The summed E-state index contributed by atoms with van der Waals surface area (Å²) in [5.74, 6) is 4.77. The summed E-state index contributed by atoms with van der Waals surface area (Å²) in [7, 11) is -3.84. The van der Waals surface area contributed by atoms with E-state index in [1.54, 1.807) is 4.83 Å². The topological polar surface area (TPSA) is 115 Å². The molecule has 1 rings (SSSR count). The highest BCUT2D eigenvalue weighted by molar-refractivity contribution is 7.89. The van der Waals surface area contributed by atoms with E-state index in [1.807, 2.05) is 0 Å². The predicted octanol–water partition coefficient (Wildman–Crippen LogP) is 0.400. The van der Waals surface area contributed by atoms with E-state index < -0.39 is 14.9 Å². The maximum atomic E-state index is 11.2. The van der Waals surface area contributed by atoms with Gasteiger partial charge in [0.1, 0.15) is 5.02 Å². The molecule has 82 valence electrons. The first-order chi connectivity index (χ1) is 6.88. The molecule has 0 saturated carbocycles. The number of nitrogens with zero attached hydrogens (tertiary/aromatic N) is 1. The zero-order chi connectivity index (χ0) is 11.6. The van der Waals surface area contributed by atoms with Crippen molar-refractivity contribution in [2.75, 3.05) is 0 Å². The highest BCUT2D eigenvalue weighted by atomic mass is 35.5. The van der Waals surface area contributed by atoms with Gasteiger partial charge in [-0.25, -0.2) is 8.42 Å². The average Bonchev–Trinajstić information content (AvgIpc) is 2.17. The van der Waals surface area contributed by atoms with E-state index in [4.69, 9.17) is 17.4 Å². The van der Waals surface area contributed by atoms with Crippen molar-refractivity contribution < 1.29 is 13.3 Å². The Morgan fingerprint density at radius 1 is 1.47 bits per heavy atom. The van der Waals surface area contributed by atoms with E-state index >= 15 is 0 Å². The van der Waals surface area contributed by atoms with Crippen molar-refractivity contribution in [3.63, 3.8) is 0 Å². The van der Waals surface area contributed by atoms with Gasteiger partial charge in [-0.1, -0.05) is 11.6 Å². The number of nitro groups is 1. The molecule has 0 aliphatic carbocycles. The Bertz CT molecular complexity index is 501. The van der Waals surface area contributed by atoms with E-state index in [1.165, 1.54) is 0 Å². The van der Waals surface area contributed by atoms with E-state index in [0.29, 0.717) is 0 Å². The first-order valence-corrected chi connectivity index (χ1v) is 5.41. The molecule has 0 unspecified atom stereocenters. The van der Waals surface area contributed by atoms with Gasteiger partial charge >= 0.3 is 0 Å². The first kappa shape index (κ1) is 11.9. The van der Waals surface area contributed by atoms with E-state index in [2.05, 4.69) is 0 Å². The quantitative estimate of drug-likeness (QED) is 0.458. The third kappa shape index (κ3) is 2.42. The Morgan fingerprint density at radius 2 is 2.07 bits per heavy atom. The Labute approximate surface area is 90.0 Å². The smallest absolute Gasteiger partial charge is 0.258 e. The van der Waals surface area contributed by atoms with Gasteiger partial charge in [0.2, 0.25) is 0 Å². The van der Waals surface area contributed by atoms with Gasteiger partial charge in [-0.15, -0.1) is 0 Å². The van der Waals surface area contributed by atoms with E-state index in [0.717, 1.165) is 18.2 Å². The van der Waals surface area contributed by atoms with Crippen LogP contribution in [0.15, 0.2) is 23.1 Å². The lowest BCUT2D eigenvalue weighted by Crippen LogP contribution is -2.30. The summed E-state index contributed by atoms with van der Waals surface area (Å²) in [4.78, 5) is 11.0. The molecule has 0 aliphatic heterocycles. The van der Waals surface area contributed by atoms with Gasteiger partial charge in [0.15, 0.2) is 0 Å². The molecule has 0 bridgehead atoms. The Hall–Kier alpha value is -1.22. The molecule has 0 amide bonds. The van der Waals surface area contributed by atoms with Crippen molar-refractivity contribution in [2.45, 2.75) is 4.90 Å². The monoisotopic (exact) mass is 251 g/mol. The van der Waals surface area contributed by atoms with Crippen LogP contribution in [0.4, 0.5) is 5.69 Å². The fourth-order valence-corrected chi connectivity index (χ4v) is 1.84. The minimum Gasteiger partial charge on any atom is -0.258 e. The second-order valence-electron chi connectivity index (χ2n) is 2.49. The maximum absolute atomic E-state index is 11.2. The minimum atomic E-state index is -3.84. The molecule has 0 radical (unpaired) electrons. The van der Waals surface area contributed by atoms with Gasteiger partial charge in [-0.05, 0) is 12.1 Å². The standard InChI is InChI=1S/C6H6ClN3O4S/c7-5-3-4(15(13,14)9-8)1-2-6(5)10(11)12/h1-3,9H,8H2. The molecule has 0 aliphatic rings. The molecule has 3 N–H and O–H groups in total. The molecule has 0 saturated heterocycles. The van der Waals surface area contributed by atoms with Gasteiger partial charge in [-0.3, -0.25) is 16.0 Å². The number of halogens is 1. The molecule has 15 heavy (non-hydrogen) atoms. The SMILES string of the molecule is NNS(=O)(=O)c1ccc([N+](=O)[O-])c(Cl)c1. The lowest BCUT2D eigenvalue weighted by molar-refractivity contribution is -0.384. The first-order valence-electron chi connectivity index (χ1n) is 3.55. The Morgan fingerprint density at radius 3 is 2.47 bits per heavy atom. The summed E-state index contributed by atoms with van der Waals surface area (Å²) in [6.45, 7) is 0. The highest BCUT2D eigenvalue weighted by Crippen LogP contribution is 2.26. The van der Waals surface area contributed by atoms with Crippen LogP contribution in [0.5, 0.6) is 0 Å². The van der Waals surface area contributed by atoms with Crippen molar-refractivity contribution in [3.05, 3.63) is 33.3 Å². The summed E-state index contributed by atoms with van der Waals surface area (Å²) in [6, 6.07) is 2.99. The highest BCUT2D eigenvalue weighted by Gasteiger charge is 2.18. The minimum absolute atomic E-state index is 0.236. The maximum Gasteiger partial charge on any atom is 0.287 e. The van der Waals surface area contributed by atoms with Crippen molar-refractivity contribution in [1.29, 1.82) is 0 Å². The molecule has 0 spiro atoms. The molecule has 0 heterocycles. The van der Waals surface area contributed by atoms with E-state index in [-0.39, 0.29) is 15.6 Å². The molecule has 0 atom stereocenters. The number of rotatable bonds is 3. The summed E-state index contributed by atoms with van der Waals surface area (Å²) in [6.07, 6.45) is 0. The normalized spacial score (nSPS) is 11.3. The largest absolute Gasteiger partial charge is 0.287 e. The third-order valence-electron chi connectivity index (χ3n) is 1.58. The lowest BCUT2D eigenvalue weighted by Gasteiger charge is -2.02. The molecular formula is C6H6ClN3O4S. The molecule has 7 nitrogen and oxygen atoms in total.